The van der Waals surface area contributed by atoms with Crippen molar-refractivity contribution in [2.45, 2.75) is 19.3 Å². The summed E-state index contributed by atoms with van der Waals surface area (Å²) in [4.78, 5) is 38.5. The standard InChI is InChI=1S/C20H23N3O3/c1-21-14-16(19(25)22(2)20(21)26)8-11-18(24)15-6-9-17(10-7-15)23-12-4-3-5-13-23/h6-11,14H,3-5,12-13H2,1-2H3/b11-8+. The van der Waals surface area contributed by atoms with Gasteiger partial charge >= 0.3 is 5.69 Å². The number of ketones is 1. The largest absolute Gasteiger partial charge is 0.372 e. The molecule has 0 atom stereocenters. The summed E-state index contributed by atoms with van der Waals surface area (Å²) >= 11 is 0. The van der Waals surface area contributed by atoms with Crippen LogP contribution in [0.15, 0.2) is 46.1 Å². The fourth-order valence-electron chi connectivity index (χ4n) is 3.20. The van der Waals surface area contributed by atoms with Crippen molar-refractivity contribution < 1.29 is 4.79 Å². The molecule has 1 saturated heterocycles. The third-order valence-electron chi connectivity index (χ3n) is 4.76. The van der Waals surface area contributed by atoms with Gasteiger partial charge in [-0.15, -0.1) is 0 Å². The van der Waals surface area contributed by atoms with Gasteiger partial charge in [-0.3, -0.25) is 14.2 Å². The summed E-state index contributed by atoms with van der Waals surface area (Å²) in [6, 6.07) is 7.57. The van der Waals surface area contributed by atoms with E-state index >= 15 is 0 Å². The van der Waals surface area contributed by atoms with Gasteiger partial charge in [0.05, 0.1) is 5.56 Å². The summed E-state index contributed by atoms with van der Waals surface area (Å²) in [5.41, 5.74) is 1.19. The van der Waals surface area contributed by atoms with Crippen LogP contribution in [0.25, 0.3) is 6.08 Å². The third kappa shape index (κ3) is 3.69. The lowest BCUT2D eigenvalue weighted by atomic mass is 10.1. The summed E-state index contributed by atoms with van der Waals surface area (Å²) < 4.78 is 2.34. The number of anilines is 1. The fourth-order valence-corrected chi connectivity index (χ4v) is 3.20. The van der Waals surface area contributed by atoms with E-state index in [-0.39, 0.29) is 5.78 Å². The number of carbonyl (C=O) groups excluding carboxylic acids is 1. The van der Waals surface area contributed by atoms with Gasteiger partial charge in [0.25, 0.3) is 5.56 Å². The van der Waals surface area contributed by atoms with Crippen molar-refractivity contribution in [2.75, 3.05) is 18.0 Å². The number of aromatic nitrogens is 2. The minimum absolute atomic E-state index is 0.175. The van der Waals surface area contributed by atoms with E-state index in [1.807, 2.05) is 24.3 Å². The van der Waals surface area contributed by atoms with Crippen LogP contribution in [0.2, 0.25) is 0 Å². The highest BCUT2D eigenvalue weighted by Gasteiger charge is 2.11. The monoisotopic (exact) mass is 353 g/mol. The summed E-state index contributed by atoms with van der Waals surface area (Å²) in [5.74, 6) is -0.175. The first-order valence-corrected chi connectivity index (χ1v) is 8.81. The predicted molar refractivity (Wildman–Crippen MR) is 103 cm³/mol. The molecule has 0 radical (unpaired) electrons. The van der Waals surface area contributed by atoms with E-state index in [1.54, 1.807) is 7.05 Å². The number of piperidine rings is 1. The Hall–Kier alpha value is -2.89. The average molecular weight is 353 g/mol. The fraction of sp³-hybridized carbons (Fsp3) is 0.350. The molecule has 1 aliphatic rings. The van der Waals surface area contributed by atoms with Gasteiger partial charge in [0.2, 0.25) is 0 Å². The Labute approximate surface area is 152 Å². The molecule has 1 fully saturated rings. The van der Waals surface area contributed by atoms with Crippen molar-refractivity contribution in [3.63, 3.8) is 0 Å². The lowest BCUT2D eigenvalue weighted by molar-refractivity contribution is 0.104. The molecular formula is C20H23N3O3. The summed E-state index contributed by atoms with van der Waals surface area (Å²) in [7, 11) is 2.99. The van der Waals surface area contributed by atoms with Crippen LogP contribution in [0.4, 0.5) is 5.69 Å². The van der Waals surface area contributed by atoms with Crippen LogP contribution in [0, 0.1) is 0 Å². The second-order valence-electron chi connectivity index (χ2n) is 6.63. The van der Waals surface area contributed by atoms with Crippen LogP contribution < -0.4 is 16.1 Å². The zero-order chi connectivity index (χ0) is 18.7. The highest BCUT2D eigenvalue weighted by atomic mass is 16.2. The molecule has 0 aliphatic carbocycles. The summed E-state index contributed by atoms with van der Waals surface area (Å²) in [6.07, 6.45) is 7.96. The molecule has 2 aromatic rings. The molecule has 1 aromatic carbocycles. The minimum Gasteiger partial charge on any atom is -0.372 e. The number of nitrogens with zero attached hydrogens (tertiary/aromatic N) is 3. The first-order chi connectivity index (χ1) is 12.5. The van der Waals surface area contributed by atoms with E-state index in [9.17, 15) is 14.4 Å². The molecule has 1 aliphatic heterocycles. The third-order valence-corrected chi connectivity index (χ3v) is 4.76. The summed E-state index contributed by atoms with van der Waals surface area (Å²) in [5, 5.41) is 0. The molecule has 0 N–H and O–H groups in total. The number of rotatable bonds is 4. The van der Waals surface area contributed by atoms with Crippen LogP contribution in [0.5, 0.6) is 0 Å². The van der Waals surface area contributed by atoms with Gasteiger partial charge in [0.1, 0.15) is 0 Å². The van der Waals surface area contributed by atoms with Gasteiger partial charge in [-0.1, -0.05) is 0 Å². The Morgan fingerprint density at radius 1 is 1.00 bits per heavy atom. The zero-order valence-corrected chi connectivity index (χ0v) is 15.1. The Morgan fingerprint density at radius 3 is 2.31 bits per heavy atom. The van der Waals surface area contributed by atoms with Crippen molar-refractivity contribution in [3.05, 3.63) is 68.5 Å². The number of hydrogen-bond acceptors (Lipinski definition) is 4. The highest BCUT2D eigenvalue weighted by Crippen LogP contribution is 2.20. The van der Waals surface area contributed by atoms with Crippen molar-refractivity contribution in [1.82, 2.24) is 9.13 Å². The van der Waals surface area contributed by atoms with Gasteiger partial charge in [0, 0.05) is 44.6 Å². The van der Waals surface area contributed by atoms with Crippen molar-refractivity contribution in [3.8, 4) is 0 Å². The first-order valence-electron chi connectivity index (χ1n) is 8.81. The van der Waals surface area contributed by atoms with Crippen LogP contribution in [-0.2, 0) is 14.1 Å². The molecule has 0 amide bonds. The highest BCUT2D eigenvalue weighted by molar-refractivity contribution is 6.06. The van der Waals surface area contributed by atoms with Crippen LogP contribution in [-0.4, -0.2) is 28.0 Å². The molecule has 3 rings (SSSR count). The number of benzene rings is 1. The second kappa shape index (κ2) is 7.56. The molecular weight excluding hydrogens is 330 g/mol. The molecule has 6 heteroatoms. The van der Waals surface area contributed by atoms with Crippen LogP contribution in [0.1, 0.15) is 35.2 Å². The normalized spacial score (nSPS) is 14.8. The Balaban J connectivity index is 1.77. The minimum atomic E-state index is -0.419. The molecule has 26 heavy (non-hydrogen) atoms. The van der Waals surface area contributed by atoms with Crippen LogP contribution >= 0.6 is 0 Å². The molecule has 6 nitrogen and oxygen atoms in total. The van der Waals surface area contributed by atoms with E-state index in [2.05, 4.69) is 4.90 Å². The maximum atomic E-state index is 12.4. The molecule has 0 saturated carbocycles. The maximum Gasteiger partial charge on any atom is 0.330 e. The second-order valence-corrected chi connectivity index (χ2v) is 6.63. The van der Waals surface area contributed by atoms with Gasteiger partial charge in [0.15, 0.2) is 5.78 Å². The topological polar surface area (TPSA) is 64.3 Å². The molecule has 0 unspecified atom stereocenters. The van der Waals surface area contributed by atoms with Gasteiger partial charge in [-0.2, -0.15) is 0 Å². The number of allylic oxidation sites excluding steroid dienone is 1. The van der Waals surface area contributed by atoms with Gasteiger partial charge < -0.3 is 9.47 Å². The lowest BCUT2D eigenvalue weighted by Crippen LogP contribution is -2.37. The zero-order valence-electron chi connectivity index (χ0n) is 15.1. The molecule has 136 valence electrons. The van der Waals surface area contributed by atoms with Crippen molar-refractivity contribution >= 4 is 17.5 Å². The Morgan fingerprint density at radius 2 is 1.65 bits per heavy atom. The Bertz CT molecular complexity index is 946. The average Bonchev–Trinajstić information content (AvgIpc) is 2.68. The smallest absolute Gasteiger partial charge is 0.330 e. The summed E-state index contributed by atoms with van der Waals surface area (Å²) in [6.45, 7) is 2.12. The first kappa shape index (κ1) is 17.9. The van der Waals surface area contributed by atoms with Crippen molar-refractivity contribution in [2.24, 2.45) is 14.1 Å². The van der Waals surface area contributed by atoms with Gasteiger partial charge in [-0.05, 0) is 55.7 Å². The van der Waals surface area contributed by atoms with Crippen LogP contribution in [0.3, 0.4) is 0 Å². The van der Waals surface area contributed by atoms with E-state index in [0.717, 1.165) is 23.3 Å². The molecule has 0 spiro atoms. The lowest BCUT2D eigenvalue weighted by Gasteiger charge is -2.28. The van der Waals surface area contributed by atoms with Gasteiger partial charge in [-0.25, -0.2) is 4.79 Å². The van der Waals surface area contributed by atoms with E-state index in [0.29, 0.717) is 11.1 Å². The quantitative estimate of drug-likeness (QED) is 0.623. The van der Waals surface area contributed by atoms with Crippen molar-refractivity contribution in [1.29, 1.82) is 0 Å². The molecule has 2 heterocycles. The van der Waals surface area contributed by atoms with E-state index < -0.39 is 11.2 Å². The Kier molecular flexibility index (Phi) is 5.21. The van der Waals surface area contributed by atoms with E-state index in [1.165, 1.54) is 49.2 Å². The molecule has 1 aromatic heterocycles. The molecule has 0 bridgehead atoms. The predicted octanol–water partition coefficient (Wildman–Crippen LogP) is 1.97. The number of hydrogen-bond donors (Lipinski definition) is 0. The number of aryl methyl sites for hydroxylation is 1. The number of carbonyl (C=O) groups is 1. The maximum absolute atomic E-state index is 12.4. The SMILES string of the molecule is Cn1cc(/C=C/C(=O)c2ccc(N3CCCCC3)cc2)c(=O)n(C)c1=O. The van der Waals surface area contributed by atoms with E-state index in [4.69, 9.17) is 0 Å².